The van der Waals surface area contributed by atoms with Crippen molar-refractivity contribution in [3.05, 3.63) is 68.7 Å². The Morgan fingerprint density at radius 1 is 1.22 bits per heavy atom. The molecule has 0 saturated heterocycles. The van der Waals surface area contributed by atoms with Gasteiger partial charge in [-0.2, -0.15) is 11.8 Å². The second kappa shape index (κ2) is 7.48. The van der Waals surface area contributed by atoms with Crippen molar-refractivity contribution in [2.45, 2.75) is 5.75 Å². The molecule has 0 aliphatic rings. The van der Waals surface area contributed by atoms with Crippen molar-refractivity contribution in [3.63, 3.8) is 0 Å². The van der Waals surface area contributed by atoms with E-state index in [9.17, 15) is 9.59 Å². The van der Waals surface area contributed by atoms with Gasteiger partial charge in [0.15, 0.2) is 0 Å². The molecule has 2 heterocycles. The van der Waals surface area contributed by atoms with Crippen molar-refractivity contribution < 1.29 is 9.21 Å². The average Bonchev–Trinajstić information content (AvgIpc) is 3.07. The third kappa shape index (κ3) is 4.03. The van der Waals surface area contributed by atoms with Crippen molar-refractivity contribution in [2.24, 2.45) is 0 Å². The molecular weight excluding hydrogens is 330 g/mol. The lowest BCUT2D eigenvalue weighted by atomic mass is 10.2. The number of carbonyl (C=O) groups is 1. The standard InChI is InChI=1S/C17H15NO3S2/c19-16(18-7-9-22-11-13-5-3-8-23-13)14-10-12-4-1-2-6-15(12)21-17(14)20/h1-6,8,10H,7,9,11H2,(H,18,19). The molecule has 0 bridgehead atoms. The van der Waals surface area contributed by atoms with Crippen LogP contribution in [0.4, 0.5) is 0 Å². The summed E-state index contributed by atoms with van der Waals surface area (Å²) in [5.74, 6) is 1.34. The second-order valence-corrected chi connectivity index (χ2v) is 7.01. The van der Waals surface area contributed by atoms with E-state index in [2.05, 4.69) is 16.8 Å². The first-order valence-corrected chi connectivity index (χ1v) is 9.19. The molecule has 0 spiro atoms. The van der Waals surface area contributed by atoms with Crippen LogP contribution < -0.4 is 10.9 Å². The Morgan fingerprint density at radius 3 is 2.91 bits per heavy atom. The zero-order chi connectivity index (χ0) is 16.1. The zero-order valence-electron chi connectivity index (χ0n) is 12.3. The molecule has 23 heavy (non-hydrogen) atoms. The highest BCUT2D eigenvalue weighted by Gasteiger charge is 2.12. The Morgan fingerprint density at radius 2 is 2.09 bits per heavy atom. The molecule has 0 fully saturated rings. The quantitative estimate of drug-likeness (QED) is 0.548. The maximum Gasteiger partial charge on any atom is 0.349 e. The fourth-order valence-electron chi connectivity index (χ4n) is 2.12. The number of carbonyl (C=O) groups excluding carboxylic acids is 1. The Balaban J connectivity index is 1.55. The lowest BCUT2D eigenvalue weighted by molar-refractivity contribution is 0.0952. The van der Waals surface area contributed by atoms with Crippen molar-refractivity contribution in [2.75, 3.05) is 12.3 Å². The minimum atomic E-state index is -0.604. The number of rotatable bonds is 6. The predicted molar refractivity (Wildman–Crippen MR) is 95.3 cm³/mol. The third-order valence-electron chi connectivity index (χ3n) is 3.24. The molecule has 3 aromatic rings. The van der Waals surface area contributed by atoms with E-state index in [-0.39, 0.29) is 11.5 Å². The number of para-hydroxylation sites is 1. The summed E-state index contributed by atoms with van der Waals surface area (Å²) in [6.45, 7) is 0.515. The van der Waals surface area contributed by atoms with Crippen LogP contribution in [0.2, 0.25) is 0 Å². The topological polar surface area (TPSA) is 59.3 Å². The number of thiophene rings is 1. The summed E-state index contributed by atoms with van der Waals surface area (Å²) in [7, 11) is 0. The smallest absolute Gasteiger partial charge is 0.349 e. The van der Waals surface area contributed by atoms with Gasteiger partial charge in [-0.15, -0.1) is 11.3 Å². The first-order chi connectivity index (χ1) is 11.2. The van der Waals surface area contributed by atoms with Crippen LogP contribution in [0.3, 0.4) is 0 Å². The SMILES string of the molecule is O=C(NCCSCc1cccs1)c1cc2ccccc2oc1=O. The van der Waals surface area contributed by atoms with Gasteiger partial charge in [-0.3, -0.25) is 4.79 Å². The van der Waals surface area contributed by atoms with Crippen LogP contribution in [0.5, 0.6) is 0 Å². The van der Waals surface area contributed by atoms with Crippen LogP contribution in [0.25, 0.3) is 11.0 Å². The molecule has 0 atom stereocenters. The van der Waals surface area contributed by atoms with Crippen LogP contribution in [0, 0.1) is 0 Å². The number of thioether (sulfide) groups is 1. The summed E-state index contributed by atoms with van der Waals surface area (Å²) in [6, 6.07) is 12.8. The van der Waals surface area contributed by atoms with Crippen LogP contribution >= 0.6 is 23.1 Å². The van der Waals surface area contributed by atoms with Gasteiger partial charge in [-0.25, -0.2) is 4.79 Å². The van der Waals surface area contributed by atoms with E-state index in [0.29, 0.717) is 12.1 Å². The third-order valence-corrected chi connectivity index (χ3v) is 5.31. The predicted octanol–water partition coefficient (Wildman–Crippen LogP) is 3.52. The van der Waals surface area contributed by atoms with Gasteiger partial charge in [0.05, 0.1) is 0 Å². The lowest BCUT2D eigenvalue weighted by Gasteiger charge is -2.05. The van der Waals surface area contributed by atoms with Gasteiger partial charge in [0.2, 0.25) is 0 Å². The lowest BCUT2D eigenvalue weighted by Crippen LogP contribution is -2.30. The fraction of sp³-hybridized carbons (Fsp3) is 0.176. The minimum Gasteiger partial charge on any atom is -0.422 e. The van der Waals surface area contributed by atoms with E-state index >= 15 is 0 Å². The molecule has 1 amide bonds. The van der Waals surface area contributed by atoms with Crippen LogP contribution in [0.1, 0.15) is 15.2 Å². The Kier molecular flexibility index (Phi) is 5.15. The zero-order valence-corrected chi connectivity index (χ0v) is 13.9. The van der Waals surface area contributed by atoms with Gasteiger partial charge < -0.3 is 9.73 Å². The van der Waals surface area contributed by atoms with E-state index in [1.54, 1.807) is 41.3 Å². The first-order valence-electron chi connectivity index (χ1n) is 7.15. The number of benzene rings is 1. The molecule has 4 nitrogen and oxygen atoms in total. The van der Waals surface area contributed by atoms with E-state index < -0.39 is 5.63 Å². The molecule has 0 aliphatic heterocycles. The number of amides is 1. The average molecular weight is 345 g/mol. The highest BCUT2D eigenvalue weighted by Crippen LogP contribution is 2.16. The van der Waals surface area contributed by atoms with Gasteiger partial charge in [-0.05, 0) is 23.6 Å². The van der Waals surface area contributed by atoms with Crippen molar-refractivity contribution in [3.8, 4) is 0 Å². The molecule has 1 aromatic carbocycles. The fourth-order valence-corrected chi connectivity index (χ4v) is 3.82. The number of hydrogen-bond acceptors (Lipinski definition) is 5. The molecule has 6 heteroatoms. The van der Waals surface area contributed by atoms with Gasteiger partial charge >= 0.3 is 5.63 Å². The normalized spacial score (nSPS) is 10.8. The monoisotopic (exact) mass is 345 g/mol. The van der Waals surface area contributed by atoms with Crippen molar-refractivity contribution in [1.29, 1.82) is 0 Å². The van der Waals surface area contributed by atoms with Gasteiger partial charge in [-0.1, -0.05) is 24.3 Å². The number of nitrogens with one attached hydrogen (secondary N) is 1. The Bertz CT molecular complexity index is 856. The molecule has 0 radical (unpaired) electrons. The molecule has 0 saturated carbocycles. The van der Waals surface area contributed by atoms with Gasteiger partial charge in [0.1, 0.15) is 11.1 Å². The second-order valence-electron chi connectivity index (χ2n) is 4.87. The summed E-state index contributed by atoms with van der Waals surface area (Å²) in [5.41, 5.74) is -0.0695. The van der Waals surface area contributed by atoms with E-state index in [4.69, 9.17) is 4.42 Å². The van der Waals surface area contributed by atoms with Crippen LogP contribution in [-0.4, -0.2) is 18.2 Å². The first kappa shape index (κ1) is 15.8. The highest BCUT2D eigenvalue weighted by molar-refractivity contribution is 7.98. The molecular formula is C17H15NO3S2. The van der Waals surface area contributed by atoms with E-state index in [0.717, 1.165) is 16.9 Å². The van der Waals surface area contributed by atoms with Crippen molar-refractivity contribution in [1.82, 2.24) is 5.32 Å². The van der Waals surface area contributed by atoms with E-state index in [1.807, 2.05) is 18.2 Å². The number of hydrogen-bond donors (Lipinski definition) is 1. The van der Waals surface area contributed by atoms with Gasteiger partial charge in [0.25, 0.3) is 5.91 Å². The molecule has 0 aliphatic carbocycles. The summed E-state index contributed by atoms with van der Waals surface area (Å²) in [5, 5.41) is 5.56. The van der Waals surface area contributed by atoms with Gasteiger partial charge in [0, 0.05) is 28.3 Å². The largest absolute Gasteiger partial charge is 0.422 e. The summed E-state index contributed by atoms with van der Waals surface area (Å²) < 4.78 is 5.17. The Hall–Kier alpha value is -2.05. The van der Waals surface area contributed by atoms with Crippen molar-refractivity contribution >= 4 is 40.0 Å². The molecule has 0 unspecified atom stereocenters. The summed E-state index contributed by atoms with van der Waals surface area (Å²) in [6.07, 6.45) is 0. The number of fused-ring (bicyclic) bond motifs is 1. The summed E-state index contributed by atoms with van der Waals surface area (Å²) >= 11 is 3.47. The maximum absolute atomic E-state index is 12.1. The molecule has 118 valence electrons. The highest BCUT2D eigenvalue weighted by atomic mass is 32.2. The Labute approximate surface area is 141 Å². The van der Waals surface area contributed by atoms with E-state index in [1.165, 1.54) is 4.88 Å². The van der Waals surface area contributed by atoms with Crippen LogP contribution in [-0.2, 0) is 5.75 Å². The molecule has 1 N–H and O–H groups in total. The molecule has 2 aromatic heterocycles. The minimum absolute atomic E-state index is 0.0481. The maximum atomic E-state index is 12.1. The van der Waals surface area contributed by atoms with Crippen LogP contribution in [0.15, 0.2) is 57.1 Å². The summed E-state index contributed by atoms with van der Waals surface area (Å²) in [4.78, 5) is 25.3. The molecule has 3 rings (SSSR count).